The normalized spacial score (nSPS) is 41.3. The zero-order chi connectivity index (χ0) is 19.8. The summed E-state index contributed by atoms with van der Waals surface area (Å²) in [6, 6.07) is 8.52. The monoisotopic (exact) mass is 388 g/mol. The van der Waals surface area contributed by atoms with E-state index in [0.29, 0.717) is 5.41 Å². The van der Waals surface area contributed by atoms with Gasteiger partial charge in [0.25, 0.3) is 0 Å². The van der Waals surface area contributed by atoms with Crippen molar-refractivity contribution in [2.75, 3.05) is 0 Å². The molecule has 6 atom stereocenters. The fraction of sp³-hybridized carbons (Fsp3) is 0.577. The molecule has 0 saturated heterocycles. The van der Waals surface area contributed by atoms with Crippen molar-refractivity contribution >= 4 is 16.7 Å². The van der Waals surface area contributed by atoms with Crippen LogP contribution in [0.1, 0.15) is 58.8 Å². The third-order valence-corrected chi connectivity index (χ3v) is 9.33. The van der Waals surface area contributed by atoms with Crippen molar-refractivity contribution in [2.45, 2.75) is 64.9 Å². The summed E-state index contributed by atoms with van der Waals surface area (Å²) in [6.07, 6.45) is 15.0. The Hall–Kier alpha value is -1.87. The minimum Gasteiger partial charge on any atom is -0.393 e. The molecule has 1 aromatic carbocycles. The summed E-state index contributed by atoms with van der Waals surface area (Å²) in [6.45, 7) is 5.03. The SMILES string of the molecule is C[C@]12CC[C@@H](O)CC1=CC[C@H]1[C@H]2CC[C@@]2(C)C(n3cnc4ccccc43)=CC[C@H]12. The van der Waals surface area contributed by atoms with Gasteiger partial charge in [0.2, 0.25) is 0 Å². The number of allylic oxidation sites excluding steroid dienone is 3. The second-order valence-corrected chi connectivity index (χ2v) is 10.5. The Labute approximate surface area is 173 Å². The Bertz CT molecular complexity index is 1030. The Kier molecular flexibility index (Phi) is 3.76. The van der Waals surface area contributed by atoms with E-state index in [1.165, 1.54) is 36.9 Å². The highest BCUT2D eigenvalue weighted by molar-refractivity contribution is 5.80. The summed E-state index contributed by atoms with van der Waals surface area (Å²) >= 11 is 0. The summed E-state index contributed by atoms with van der Waals surface area (Å²) in [7, 11) is 0. The molecule has 0 aliphatic heterocycles. The number of hydrogen-bond donors (Lipinski definition) is 1. The molecule has 152 valence electrons. The lowest BCUT2D eigenvalue weighted by molar-refractivity contribution is -0.0249. The summed E-state index contributed by atoms with van der Waals surface area (Å²) in [4.78, 5) is 4.67. The number of aliphatic hydroxyl groups excluding tert-OH is 1. The molecule has 4 aliphatic carbocycles. The standard InChI is InChI=1S/C26H32N2O/c1-25-13-11-18(29)15-17(25)7-8-19-20-9-10-24(26(20,2)14-12-21(19)25)28-16-27-22-5-3-4-6-23(22)28/h3-7,10,16,18-21,29H,8-9,11-15H2,1-2H3/t18-,19-,20-,21-,25+,26-/m1/s1. The molecule has 0 unspecified atom stereocenters. The van der Waals surface area contributed by atoms with Crippen molar-refractivity contribution in [2.24, 2.45) is 28.6 Å². The van der Waals surface area contributed by atoms with Crippen molar-refractivity contribution in [3.63, 3.8) is 0 Å². The largest absolute Gasteiger partial charge is 0.393 e. The van der Waals surface area contributed by atoms with E-state index >= 15 is 0 Å². The lowest BCUT2D eigenvalue weighted by atomic mass is 9.48. The second kappa shape index (κ2) is 6.07. The van der Waals surface area contributed by atoms with Crippen LogP contribution in [0.5, 0.6) is 0 Å². The van der Waals surface area contributed by atoms with Gasteiger partial charge in [-0.15, -0.1) is 0 Å². The topological polar surface area (TPSA) is 38.0 Å². The van der Waals surface area contributed by atoms with Crippen LogP contribution in [0.15, 0.2) is 48.3 Å². The van der Waals surface area contributed by atoms with Gasteiger partial charge in [-0.3, -0.25) is 0 Å². The number of nitrogens with zero attached hydrogens (tertiary/aromatic N) is 2. The molecule has 2 fully saturated rings. The molecular weight excluding hydrogens is 356 g/mol. The van der Waals surface area contributed by atoms with Crippen LogP contribution in [0.4, 0.5) is 0 Å². The Morgan fingerprint density at radius 1 is 1.00 bits per heavy atom. The predicted molar refractivity (Wildman–Crippen MR) is 117 cm³/mol. The Morgan fingerprint density at radius 2 is 1.83 bits per heavy atom. The molecule has 0 bridgehead atoms. The van der Waals surface area contributed by atoms with E-state index < -0.39 is 0 Å². The maximum Gasteiger partial charge on any atom is 0.100 e. The maximum atomic E-state index is 10.2. The average Bonchev–Trinajstić information content (AvgIpc) is 3.29. The first-order valence-electron chi connectivity index (χ1n) is 11.5. The average molecular weight is 389 g/mol. The van der Waals surface area contributed by atoms with E-state index in [0.717, 1.165) is 42.5 Å². The van der Waals surface area contributed by atoms with E-state index in [1.807, 2.05) is 6.33 Å². The van der Waals surface area contributed by atoms with Crippen LogP contribution >= 0.6 is 0 Å². The summed E-state index contributed by atoms with van der Waals surface area (Å²) < 4.78 is 2.37. The van der Waals surface area contributed by atoms with Crippen LogP contribution in [0.25, 0.3) is 16.7 Å². The number of rotatable bonds is 1. The van der Waals surface area contributed by atoms with E-state index in [1.54, 1.807) is 5.57 Å². The number of hydrogen-bond acceptors (Lipinski definition) is 2. The predicted octanol–water partition coefficient (Wildman–Crippen LogP) is 5.81. The molecule has 0 spiro atoms. The molecule has 0 radical (unpaired) electrons. The van der Waals surface area contributed by atoms with Gasteiger partial charge in [-0.25, -0.2) is 4.98 Å². The van der Waals surface area contributed by atoms with Gasteiger partial charge in [-0.1, -0.05) is 43.7 Å². The van der Waals surface area contributed by atoms with Gasteiger partial charge in [0.15, 0.2) is 0 Å². The Balaban J connectivity index is 1.36. The number of benzene rings is 1. The van der Waals surface area contributed by atoms with Crippen LogP contribution in [-0.4, -0.2) is 20.8 Å². The molecule has 2 saturated carbocycles. The van der Waals surface area contributed by atoms with Crippen molar-refractivity contribution in [1.29, 1.82) is 0 Å². The zero-order valence-corrected chi connectivity index (χ0v) is 17.6. The van der Waals surface area contributed by atoms with Gasteiger partial charge in [-0.2, -0.15) is 0 Å². The third-order valence-electron chi connectivity index (χ3n) is 9.33. The van der Waals surface area contributed by atoms with E-state index in [-0.39, 0.29) is 11.5 Å². The quantitative estimate of drug-likeness (QED) is 0.626. The molecule has 6 rings (SSSR count). The Morgan fingerprint density at radius 3 is 2.72 bits per heavy atom. The fourth-order valence-corrected chi connectivity index (χ4v) is 7.71. The van der Waals surface area contributed by atoms with E-state index in [9.17, 15) is 5.11 Å². The fourth-order valence-electron chi connectivity index (χ4n) is 7.71. The number of aromatic nitrogens is 2. The van der Waals surface area contributed by atoms with Crippen molar-refractivity contribution < 1.29 is 5.11 Å². The van der Waals surface area contributed by atoms with Gasteiger partial charge < -0.3 is 9.67 Å². The number of para-hydroxylation sites is 2. The summed E-state index contributed by atoms with van der Waals surface area (Å²) in [5.74, 6) is 2.26. The molecule has 3 heteroatoms. The van der Waals surface area contributed by atoms with Crippen LogP contribution in [-0.2, 0) is 0 Å². The van der Waals surface area contributed by atoms with E-state index in [2.05, 4.69) is 59.8 Å². The molecule has 4 aliphatic rings. The third kappa shape index (κ3) is 2.37. The first-order valence-corrected chi connectivity index (χ1v) is 11.5. The molecule has 3 nitrogen and oxygen atoms in total. The highest BCUT2D eigenvalue weighted by Gasteiger charge is 2.57. The van der Waals surface area contributed by atoms with Crippen LogP contribution in [0.3, 0.4) is 0 Å². The minimum atomic E-state index is -0.117. The zero-order valence-electron chi connectivity index (χ0n) is 17.6. The lowest BCUT2D eigenvalue weighted by Gasteiger charge is -2.57. The molecule has 1 heterocycles. The summed E-state index contributed by atoms with van der Waals surface area (Å²) in [5.41, 5.74) is 5.92. The highest BCUT2D eigenvalue weighted by Crippen LogP contribution is 2.65. The van der Waals surface area contributed by atoms with Gasteiger partial charge in [0.1, 0.15) is 6.33 Å². The first kappa shape index (κ1) is 17.9. The van der Waals surface area contributed by atoms with Crippen LogP contribution in [0.2, 0.25) is 0 Å². The second-order valence-electron chi connectivity index (χ2n) is 10.5. The van der Waals surface area contributed by atoms with Crippen molar-refractivity contribution in [1.82, 2.24) is 9.55 Å². The van der Waals surface area contributed by atoms with Crippen molar-refractivity contribution in [3.05, 3.63) is 48.3 Å². The first-order chi connectivity index (χ1) is 14.0. The number of aliphatic hydroxyl groups is 1. The molecule has 2 aromatic rings. The van der Waals surface area contributed by atoms with E-state index in [4.69, 9.17) is 0 Å². The van der Waals surface area contributed by atoms with Gasteiger partial charge in [0.05, 0.1) is 17.1 Å². The number of fused-ring (bicyclic) bond motifs is 6. The number of imidazole rings is 1. The summed E-state index contributed by atoms with van der Waals surface area (Å²) in [5, 5.41) is 10.2. The molecular formula is C26H32N2O. The minimum absolute atomic E-state index is 0.117. The molecule has 0 amide bonds. The lowest BCUT2D eigenvalue weighted by Crippen LogP contribution is -2.50. The molecule has 29 heavy (non-hydrogen) atoms. The highest BCUT2D eigenvalue weighted by atomic mass is 16.3. The van der Waals surface area contributed by atoms with Crippen molar-refractivity contribution in [3.8, 4) is 0 Å². The smallest absolute Gasteiger partial charge is 0.100 e. The molecule has 1 N–H and O–H groups in total. The van der Waals surface area contributed by atoms with Gasteiger partial charge >= 0.3 is 0 Å². The maximum absolute atomic E-state index is 10.2. The molecule has 1 aromatic heterocycles. The van der Waals surface area contributed by atoms with Gasteiger partial charge in [0, 0.05) is 11.1 Å². The van der Waals surface area contributed by atoms with Crippen LogP contribution in [0, 0.1) is 28.6 Å². The van der Waals surface area contributed by atoms with Gasteiger partial charge in [-0.05, 0) is 80.2 Å². The van der Waals surface area contributed by atoms with Crippen LogP contribution < -0.4 is 0 Å².